The number of para-hydroxylation sites is 1. The first kappa shape index (κ1) is 47.4. The van der Waals surface area contributed by atoms with E-state index in [1.54, 1.807) is 26.2 Å². The van der Waals surface area contributed by atoms with Gasteiger partial charge in [0.1, 0.15) is 10.8 Å². The van der Waals surface area contributed by atoms with E-state index in [4.69, 9.17) is 26.4 Å². The van der Waals surface area contributed by atoms with Crippen LogP contribution in [-0.2, 0) is 40.0 Å². The smallest absolute Gasteiger partial charge is 0.341 e. The van der Waals surface area contributed by atoms with Crippen LogP contribution in [0.4, 0.5) is 10.7 Å². The van der Waals surface area contributed by atoms with E-state index in [9.17, 15) is 14.4 Å². The number of fused-ring (bicyclic) bond motifs is 2. The van der Waals surface area contributed by atoms with Crippen LogP contribution >= 0.6 is 23.6 Å². The Morgan fingerprint density at radius 1 is 0.885 bits per heavy atom. The number of nitrogens with one attached hydrogen (secondary N) is 3. The summed E-state index contributed by atoms with van der Waals surface area (Å²) in [6.07, 6.45) is 8.42. The molecule has 0 radical (unpaired) electrons. The van der Waals surface area contributed by atoms with Gasteiger partial charge in [-0.25, -0.2) is 9.80 Å². The van der Waals surface area contributed by atoms with Gasteiger partial charge < -0.3 is 24.4 Å². The first-order chi connectivity index (χ1) is 29.4. The summed E-state index contributed by atoms with van der Waals surface area (Å²) in [5, 5.41) is 9.14. The second-order valence-electron chi connectivity index (χ2n) is 16.4. The standard InChI is InChI=1S/C17H16N2OS.C16H23NO3S.C15H24N2O2/c20-16(14-8-2-1-3-9-14)18-17(21)19-12-6-10-13-7-4-5-11-15(13)19;1-5-20-14(18)12-10-8-6-7-9-11(10)21-13(12)17-15(19)16(2,3)4;1-13(16-17-9-11-19-12-10-17)3-4-14-5-7-15(18-2)8-6-14/h1-5,7-9,11H,6,10,12H2,(H,18,20,21);5-9H2,1-4H3,(H,17,19);5-8,13,16H,3-4,9-12H2,1-2H3. The van der Waals surface area contributed by atoms with Crippen LogP contribution in [0.3, 0.4) is 0 Å². The number of thiocarbonyl (C=S) groups is 1. The lowest BCUT2D eigenvalue weighted by atomic mass is 9.94. The topological polar surface area (TPSA) is 121 Å². The highest BCUT2D eigenvalue weighted by Crippen LogP contribution is 2.39. The van der Waals surface area contributed by atoms with E-state index < -0.39 is 5.41 Å². The first-order valence-electron chi connectivity index (χ1n) is 21.5. The van der Waals surface area contributed by atoms with Gasteiger partial charge in [-0.15, -0.1) is 11.3 Å². The van der Waals surface area contributed by atoms with Crippen LogP contribution in [0.5, 0.6) is 5.75 Å². The fourth-order valence-electron chi connectivity index (χ4n) is 7.18. The number of esters is 1. The molecule has 7 rings (SSSR count). The zero-order chi connectivity index (χ0) is 43.8. The molecule has 2 amide bonds. The van der Waals surface area contributed by atoms with Crippen LogP contribution in [0.1, 0.15) is 103 Å². The van der Waals surface area contributed by atoms with E-state index >= 15 is 0 Å². The van der Waals surface area contributed by atoms with Gasteiger partial charge in [0, 0.05) is 47.2 Å². The molecule has 11 nitrogen and oxygen atoms in total. The van der Waals surface area contributed by atoms with E-state index in [0.29, 0.717) is 33.9 Å². The molecular weight excluding hydrogens is 807 g/mol. The molecule has 2 aliphatic heterocycles. The summed E-state index contributed by atoms with van der Waals surface area (Å²) >= 11 is 6.95. The largest absolute Gasteiger partial charge is 0.497 e. The Morgan fingerprint density at radius 3 is 2.26 bits per heavy atom. The molecule has 1 atom stereocenters. The number of nitrogens with zero attached hydrogens (tertiary/aromatic N) is 2. The van der Waals surface area contributed by atoms with Gasteiger partial charge in [0.05, 0.1) is 32.5 Å². The first-order valence-corrected chi connectivity index (χ1v) is 22.7. The quantitative estimate of drug-likeness (QED) is 0.105. The number of methoxy groups -OCH3 is 1. The Hall–Kier alpha value is -4.66. The average Bonchev–Trinajstić information content (AvgIpc) is 3.64. The SMILES string of the molecule is CCOC(=O)c1c(NC(=O)C(C)(C)C)sc2c1CCCC2.COc1ccc(CCC(C)NN2CCOCC2)cc1.O=C(NC(=S)N1CCCc2ccccc21)c1ccccc1. The minimum atomic E-state index is -0.490. The number of benzene rings is 3. The Morgan fingerprint density at radius 2 is 1.57 bits per heavy atom. The fraction of sp³-hybridized carbons (Fsp3) is 0.458. The molecule has 61 heavy (non-hydrogen) atoms. The van der Waals surface area contributed by atoms with Crippen molar-refractivity contribution >= 4 is 57.1 Å². The van der Waals surface area contributed by atoms with Crippen LogP contribution in [-0.4, -0.2) is 80.5 Å². The number of thiophene rings is 1. The van der Waals surface area contributed by atoms with Crippen LogP contribution in [0, 0.1) is 5.41 Å². The fourth-order valence-corrected chi connectivity index (χ4v) is 8.73. The number of carbonyl (C=O) groups is 3. The van der Waals surface area contributed by atoms with Crippen molar-refractivity contribution in [3.05, 3.63) is 112 Å². The van der Waals surface area contributed by atoms with Gasteiger partial charge in [0.15, 0.2) is 5.11 Å². The van der Waals surface area contributed by atoms with E-state index in [-0.39, 0.29) is 17.8 Å². The van der Waals surface area contributed by atoms with Gasteiger partial charge in [-0.2, -0.15) is 0 Å². The lowest BCUT2D eigenvalue weighted by Crippen LogP contribution is -2.49. The highest BCUT2D eigenvalue weighted by molar-refractivity contribution is 7.80. The van der Waals surface area contributed by atoms with E-state index in [1.165, 1.54) is 27.3 Å². The normalized spacial score (nSPS) is 15.3. The molecule has 3 aliphatic rings. The average molecular weight is 870 g/mol. The minimum absolute atomic E-state index is 0.0772. The summed E-state index contributed by atoms with van der Waals surface area (Å²) in [5.41, 5.74) is 9.06. The van der Waals surface area contributed by atoms with Gasteiger partial charge in [-0.05, 0) is 124 Å². The van der Waals surface area contributed by atoms with Crippen molar-refractivity contribution in [3.8, 4) is 5.75 Å². The molecule has 1 saturated heterocycles. The number of rotatable bonds is 10. The number of ether oxygens (including phenoxy) is 3. The molecule has 3 aromatic carbocycles. The molecule has 0 saturated carbocycles. The number of aryl methyl sites for hydroxylation is 3. The van der Waals surface area contributed by atoms with Crippen LogP contribution < -0.4 is 25.7 Å². The number of morpholine rings is 1. The molecule has 328 valence electrons. The molecule has 3 heterocycles. The van der Waals surface area contributed by atoms with Crippen molar-refractivity contribution in [1.82, 2.24) is 15.8 Å². The molecule has 13 heteroatoms. The molecule has 0 spiro atoms. The van der Waals surface area contributed by atoms with Gasteiger partial charge in [-0.3, -0.25) is 20.3 Å². The number of hydrogen-bond donors (Lipinski definition) is 3. The minimum Gasteiger partial charge on any atom is -0.497 e. The van der Waals surface area contributed by atoms with E-state index in [1.807, 2.05) is 68.1 Å². The molecule has 1 unspecified atom stereocenters. The predicted octanol–water partition coefficient (Wildman–Crippen LogP) is 8.80. The van der Waals surface area contributed by atoms with Crippen molar-refractivity contribution in [2.45, 2.75) is 92.0 Å². The molecule has 1 aliphatic carbocycles. The molecule has 3 N–H and O–H groups in total. The number of carbonyl (C=O) groups excluding carboxylic acids is 3. The Labute approximate surface area is 371 Å². The zero-order valence-electron chi connectivity index (χ0n) is 36.6. The lowest BCUT2D eigenvalue weighted by Gasteiger charge is -2.31. The summed E-state index contributed by atoms with van der Waals surface area (Å²) < 4.78 is 15.7. The van der Waals surface area contributed by atoms with E-state index in [2.05, 4.69) is 52.3 Å². The third-order valence-corrected chi connectivity index (χ3v) is 12.1. The third-order valence-electron chi connectivity index (χ3n) is 10.6. The maximum atomic E-state index is 12.3. The van der Waals surface area contributed by atoms with Crippen molar-refractivity contribution < 1.29 is 28.6 Å². The summed E-state index contributed by atoms with van der Waals surface area (Å²) in [6, 6.07) is 26.1. The summed E-state index contributed by atoms with van der Waals surface area (Å²) in [4.78, 5) is 39.9. The Bertz CT molecular complexity index is 2040. The number of amides is 2. The van der Waals surface area contributed by atoms with Crippen LogP contribution in [0.2, 0.25) is 0 Å². The maximum absolute atomic E-state index is 12.3. The highest BCUT2D eigenvalue weighted by Gasteiger charge is 2.30. The van der Waals surface area contributed by atoms with Crippen molar-refractivity contribution in [2.75, 3.05) is 56.8 Å². The molecular formula is C48H63N5O6S2. The molecule has 4 aromatic rings. The van der Waals surface area contributed by atoms with Gasteiger partial charge in [0.2, 0.25) is 5.91 Å². The summed E-state index contributed by atoms with van der Waals surface area (Å²) in [7, 11) is 1.70. The number of hydrazine groups is 1. The van der Waals surface area contributed by atoms with Crippen molar-refractivity contribution in [1.29, 1.82) is 0 Å². The highest BCUT2D eigenvalue weighted by atomic mass is 32.1. The second-order valence-corrected chi connectivity index (χ2v) is 17.9. The summed E-state index contributed by atoms with van der Waals surface area (Å²) in [5.74, 6) is 0.361. The Kier molecular flexibility index (Phi) is 18.3. The van der Waals surface area contributed by atoms with Gasteiger partial charge in [0.25, 0.3) is 5.91 Å². The van der Waals surface area contributed by atoms with Crippen molar-refractivity contribution in [2.24, 2.45) is 5.41 Å². The van der Waals surface area contributed by atoms with Crippen LogP contribution in [0.25, 0.3) is 0 Å². The second kappa shape index (κ2) is 23.5. The monoisotopic (exact) mass is 869 g/mol. The predicted molar refractivity (Wildman–Crippen MR) is 250 cm³/mol. The van der Waals surface area contributed by atoms with Crippen molar-refractivity contribution in [3.63, 3.8) is 0 Å². The zero-order valence-corrected chi connectivity index (χ0v) is 38.3. The summed E-state index contributed by atoms with van der Waals surface area (Å²) in [6.45, 7) is 14.4. The third kappa shape index (κ3) is 14.2. The number of hydrogen-bond acceptors (Lipinski definition) is 10. The molecule has 0 bridgehead atoms. The van der Waals surface area contributed by atoms with Gasteiger partial charge in [-0.1, -0.05) is 69.3 Å². The van der Waals surface area contributed by atoms with Gasteiger partial charge >= 0.3 is 5.97 Å². The maximum Gasteiger partial charge on any atom is 0.341 e. The van der Waals surface area contributed by atoms with Crippen LogP contribution in [0.15, 0.2) is 78.9 Å². The lowest BCUT2D eigenvalue weighted by molar-refractivity contribution is -0.123. The Balaban J connectivity index is 0.000000173. The van der Waals surface area contributed by atoms with E-state index in [0.717, 1.165) is 101 Å². The number of anilines is 2. The molecule has 1 aromatic heterocycles. The molecule has 1 fully saturated rings.